The molecule has 0 aliphatic rings. The number of nitrogens with zero attached hydrogens (tertiary/aromatic N) is 3. The van der Waals surface area contributed by atoms with Crippen LogP contribution in [-0.2, 0) is 0 Å². The van der Waals surface area contributed by atoms with E-state index >= 15 is 0 Å². The highest BCUT2D eigenvalue weighted by Gasteiger charge is 2.22. The Balaban J connectivity index is 1.29. The highest BCUT2D eigenvalue weighted by Crippen LogP contribution is 2.44. The second-order valence-corrected chi connectivity index (χ2v) is 13.1. The van der Waals surface area contributed by atoms with Crippen LogP contribution in [0.15, 0.2) is 168 Å². The molecule has 0 N–H and O–H groups in total. The van der Waals surface area contributed by atoms with Crippen LogP contribution in [0.3, 0.4) is 0 Å². The first-order valence-corrected chi connectivity index (χ1v) is 17.0. The molecule has 0 amide bonds. The fourth-order valence-electron chi connectivity index (χ4n) is 6.78. The smallest absolute Gasteiger partial charge is 0.164 e. The second-order valence-electron chi connectivity index (χ2n) is 12.0. The lowest BCUT2D eigenvalue weighted by atomic mass is 9.95. The van der Waals surface area contributed by atoms with Crippen molar-refractivity contribution in [2.45, 2.75) is 0 Å². The molecular weight excluding hydrogens is 631 g/mol. The molecule has 0 aliphatic heterocycles. The fraction of sp³-hybridized carbons (Fsp3) is 0. The first-order valence-electron chi connectivity index (χ1n) is 18.7. The van der Waals surface area contributed by atoms with Crippen LogP contribution in [-0.4, -0.2) is 15.0 Å². The molecule has 0 atom stereocenters. The van der Waals surface area contributed by atoms with Crippen molar-refractivity contribution in [2.75, 3.05) is 0 Å². The third-order valence-corrected chi connectivity index (χ3v) is 10.2. The highest BCUT2D eigenvalue weighted by atomic mass is 32.1. The summed E-state index contributed by atoms with van der Waals surface area (Å²) < 4.78 is 51.9. The molecule has 0 unspecified atom stereocenters. The quantitative estimate of drug-likeness (QED) is 0.184. The molecule has 0 saturated heterocycles. The zero-order valence-corrected chi connectivity index (χ0v) is 27.2. The third-order valence-electron chi connectivity index (χ3n) is 9.02. The van der Waals surface area contributed by atoms with E-state index in [2.05, 4.69) is 24.3 Å². The van der Waals surface area contributed by atoms with Gasteiger partial charge in [0, 0.05) is 53.2 Å². The van der Waals surface area contributed by atoms with Gasteiger partial charge in [-0.05, 0) is 47.0 Å². The molecule has 10 aromatic rings. The SMILES string of the molecule is [2H]c1c([2H])c([2H])c(-c2cc(-c3ccccc3)cc3c2oc2cccc(-c4nc(-c5ccccc5)nc(-c5cccc6sc7ccccc7c56)n4)c23)c([2H])c1[2H]. The molecule has 50 heavy (non-hydrogen) atoms. The van der Waals surface area contributed by atoms with E-state index in [4.69, 9.17) is 26.2 Å². The standard InChI is InChI=1S/C45H27N3OS/c1-4-14-28(15-5-1)31-26-35(29-16-6-2-7-17-29)42-36(27-31)40-33(21-12-23-37(40)49-42)44-46-43(30-18-8-3-9-19-30)47-45(48-44)34-22-13-25-39-41(34)32-20-10-11-24-38(32)50-39/h1-27H/i2D,6D,7D,16D,17D. The monoisotopic (exact) mass is 662 g/mol. The molecule has 0 saturated carbocycles. The maximum absolute atomic E-state index is 8.90. The summed E-state index contributed by atoms with van der Waals surface area (Å²) in [6, 6.07) is 41.9. The molecule has 4 nitrogen and oxygen atoms in total. The Kier molecular flexibility index (Phi) is 5.54. The van der Waals surface area contributed by atoms with Gasteiger partial charge in [0.05, 0.1) is 6.85 Å². The van der Waals surface area contributed by atoms with Gasteiger partial charge in [0.25, 0.3) is 0 Å². The van der Waals surface area contributed by atoms with Gasteiger partial charge in [-0.3, -0.25) is 0 Å². The van der Waals surface area contributed by atoms with Gasteiger partial charge in [-0.2, -0.15) is 0 Å². The van der Waals surface area contributed by atoms with Crippen molar-refractivity contribution in [3.8, 4) is 56.4 Å². The van der Waals surface area contributed by atoms with E-state index in [-0.39, 0.29) is 17.6 Å². The Bertz CT molecular complexity index is 3130. The van der Waals surface area contributed by atoms with Crippen LogP contribution < -0.4 is 0 Å². The molecule has 234 valence electrons. The first kappa shape index (κ1) is 23.8. The van der Waals surface area contributed by atoms with Gasteiger partial charge in [-0.15, -0.1) is 11.3 Å². The average Bonchev–Trinajstić information content (AvgIpc) is 3.81. The summed E-state index contributed by atoms with van der Waals surface area (Å²) in [5, 5.41) is 3.65. The van der Waals surface area contributed by atoms with Gasteiger partial charge >= 0.3 is 0 Å². The molecule has 0 fully saturated rings. The molecule has 3 aromatic heterocycles. The number of benzene rings is 7. The van der Waals surface area contributed by atoms with Gasteiger partial charge in [-0.1, -0.05) is 133 Å². The number of fused-ring (bicyclic) bond motifs is 6. The van der Waals surface area contributed by atoms with Gasteiger partial charge in [0.2, 0.25) is 0 Å². The molecule has 0 aliphatic carbocycles. The lowest BCUT2D eigenvalue weighted by molar-refractivity contribution is 0.670. The van der Waals surface area contributed by atoms with Crippen LogP contribution >= 0.6 is 11.3 Å². The van der Waals surface area contributed by atoms with E-state index in [9.17, 15) is 0 Å². The van der Waals surface area contributed by atoms with Gasteiger partial charge in [0.1, 0.15) is 11.2 Å². The van der Waals surface area contributed by atoms with Crippen LogP contribution in [0.25, 0.3) is 98.5 Å². The predicted octanol–water partition coefficient (Wildman–Crippen LogP) is 12.5. The largest absolute Gasteiger partial charge is 0.455 e. The van der Waals surface area contributed by atoms with E-state index in [1.165, 1.54) is 4.70 Å². The second kappa shape index (κ2) is 11.6. The van der Waals surface area contributed by atoms with Crippen molar-refractivity contribution in [3.05, 3.63) is 164 Å². The van der Waals surface area contributed by atoms with E-state index in [0.717, 1.165) is 43.1 Å². The van der Waals surface area contributed by atoms with Crippen molar-refractivity contribution < 1.29 is 11.3 Å². The highest BCUT2D eigenvalue weighted by molar-refractivity contribution is 7.25. The van der Waals surface area contributed by atoms with Crippen molar-refractivity contribution in [2.24, 2.45) is 0 Å². The van der Waals surface area contributed by atoms with E-state index < -0.39 is 18.1 Å². The minimum atomic E-state index is -0.452. The van der Waals surface area contributed by atoms with Gasteiger partial charge < -0.3 is 4.42 Å². The minimum absolute atomic E-state index is 0.0688. The number of aromatic nitrogens is 3. The Morgan fingerprint density at radius 1 is 0.460 bits per heavy atom. The average molecular weight is 663 g/mol. The van der Waals surface area contributed by atoms with E-state index in [0.29, 0.717) is 45.2 Å². The van der Waals surface area contributed by atoms with Gasteiger partial charge in [0.15, 0.2) is 17.5 Å². The molecule has 5 heteroatoms. The molecule has 10 rings (SSSR count). The molecule has 0 bridgehead atoms. The summed E-state index contributed by atoms with van der Waals surface area (Å²) >= 11 is 1.74. The topological polar surface area (TPSA) is 51.8 Å². The normalized spacial score (nSPS) is 13.0. The summed E-state index contributed by atoms with van der Waals surface area (Å²) in [6.07, 6.45) is 0. The predicted molar refractivity (Wildman–Crippen MR) is 207 cm³/mol. The molecule has 0 radical (unpaired) electrons. The van der Waals surface area contributed by atoms with E-state index in [1.54, 1.807) is 11.3 Å². The van der Waals surface area contributed by atoms with Crippen molar-refractivity contribution in [1.29, 1.82) is 0 Å². The number of furan rings is 1. The van der Waals surface area contributed by atoms with Crippen molar-refractivity contribution in [3.63, 3.8) is 0 Å². The minimum Gasteiger partial charge on any atom is -0.455 e. The Morgan fingerprint density at radius 2 is 1.10 bits per heavy atom. The van der Waals surface area contributed by atoms with Gasteiger partial charge in [-0.25, -0.2) is 15.0 Å². The molecule has 7 aromatic carbocycles. The summed E-state index contributed by atoms with van der Waals surface area (Å²) in [7, 11) is 0. The molecule has 3 heterocycles. The van der Waals surface area contributed by atoms with Crippen molar-refractivity contribution in [1.82, 2.24) is 15.0 Å². The summed E-state index contributed by atoms with van der Waals surface area (Å²) in [4.78, 5) is 15.4. The van der Waals surface area contributed by atoms with E-state index in [1.807, 2.05) is 109 Å². The number of hydrogen-bond acceptors (Lipinski definition) is 5. The lowest BCUT2D eigenvalue weighted by Crippen LogP contribution is -2.00. The Hall–Kier alpha value is -6.43. The Morgan fingerprint density at radius 3 is 1.88 bits per heavy atom. The number of thiophene rings is 1. The number of rotatable bonds is 5. The van der Waals surface area contributed by atoms with Crippen LogP contribution in [0.5, 0.6) is 0 Å². The maximum atomic E-state index is 8.90. The maximum Gasteiger partial charge on any atom is 0.164 e. The van der Waals surface area contributed by atoms with Crippen LogP contribution in [0.1, 0.15) is 6.85 Å². The summed E-state index contributed by atoms with van der Waals surface area (Å²) in [6.45, 7) is 0. The zero-order chi connectivity index (χ0) is 37.4. The lowest BCUT2D eigenvalue weighted by Gasteiger charge is -2.11. The number of hydrogen-bond donors (Lipinski definition) is 0. The molecular formula is C45H27N3OS. The van der Waals surface area contributed by atoms with Crippen LogP contribution in [0.4, 0.5) is 0 Å². The van der Waals surface area contributed by atoms with Crippen LogP contribution in [0, 0.1) is 0 Å². The Labute approximate surface area is 299 Å². The first-order chi connectivity index (χ1) is 26.9. The summed E-state index contributed by atoms with van der Waals surface area (Å²) in [5.74, 6) is 1.50. The van der Waals surface area contributed by atoms with Crippen LogP contribution in [0.2, 0.25) is 0 Å². The fourth-order valence-corrected chi connectivity index (χ4v) is 7.91. The third kappa shape index (κ3) is 4.71. The summed E-state index contributed by atoms with van der Waals surface area (Å²) in [5.41, 5.74) is 5.54. The van der Waals surface area contributed by atoms with Crippen molar-refractivity contribution >= 4 is 53.4 Å². The molecule has 0 spiro atoms. The zero-order valence-electron chi connectivity index (χ0n) is 31.4.